The summed E-state index contributed by atoms with van der Waals surface area (Å²) in [6, 6.07) is 2.27. The normalized spacial score (nSPS) is 10.6. The molecule has 0 saturated carbocycles. The Bertz CT molecular complexity index is 334. The molecule has 0 unspecified atom stereocenters. The highest BCUT2D eigenvalue weighted by molar-refractivity contribution is 9.10. The van der Waals surface area contributed by atoms with Crippen molar-refractivity contribution in [3.05, 3.63) is 27.7 Å². The zero-order chi connectivity index (χ0) is 12.2. The molecule has 86 valence electrons. The molecule has 0 atom stereocenters. The molecule has 0 aliphatic rings. The minimum Gasteiger partial charge on any atom is -0.507 e. The fraction of sp³-hybridized carbons (Fsp3) is 0.400. The largest absolute Gasteiger partial charge is 0.507 e. The van der Waals surface area contributed by atoms with Crippen molar-refractivity contribution in [3.8, 4) is 5.75 Å². The molecule has 15 heavy (non-hydrogen) atoms. The SMILES string of the molecule is CC.Cc1cc(Br)cc(C(F)(F)F)c1O. The molecule has 1 aromatic rings. The number of hydrogen-bond acceptors (Lipinski definition) is 1. The lowest BCUT2D eigenvalue weighted by Crippen LogP contribution is -2.05. The van der Waals surface area contributed by atoms with Crippen molar-refractivity contribution in [2.45, 2.75) is 26.9 Å². The quantitative estimate of drug-likeness (QED) is 0.743. The second-order valence-corrected chi connectivity index (χ2v) is 3.53. The number of phenolic OH excluding ortho intramolecular Hbond substituents is 1. The first-order chi connectivity index (χ1) is 6.82. The summed E-state index contributed by atoms with van der Waals surface area (Å²) < 4.78 is 37.0. The fourth-order valence-corrected chi connectivity index (χ4v) is 1.52. The van der Waals surface area contributed by atoms with Gasteiger partial charge >= 0.3 is 6.18 Å². The summed E-state index contributed by atoms with van der Waals surface area (Å²) in [4.78, 5) is 0. The maximum atomic E-state index is 12.2. The van der Waals surface area contributed by atoms with Crippen LogP contribution in [0, 0.1) is 6.92 Å². The number of halogens is 4. The van der Waals surface area contributed by atoms with Gasteiger partial charge in [0, 0.05) is 4.47 Å². The monoisotopic (exact) mass is 284 g/mol. The molecule has 0 aliphatic heterocycles. The third-order valence-corrected chi connectivity index (χ3v) is 2.03. The molecule has 1 nitrogen and oxygen atoms in total. The lowest BCUT2D eigenvalue weighted by molar-refractivity contribution is -0.138. The van der Waals surface area contributed by atoms with Gasteiger partial charge in [0.1, 0.15) is 5.75 Å². The highest BCUT2D eigenvalue weighted by Crippen LogP contribution is 2.39. The van der Waals surface area contributed by atoms with Gasteiger partial charge in [0.25, 0.3) is 0 Å². The van der Waals surface area contributed by atoms with Gasteiger partial charge in [-0.2, -0.15) is 13.2 Å². The average Bonchev–Trinajstić information content (AvgIpc) is 2.13. The molecular weight excluding hydrogens is 273 g/mol. The van der Waals surface area contributed by atoms with Crippen molar-refractivity contribution in [2.24, 2.45) is 0 Å². The van der Waals surface area contributed by atoms with Gasteiger partial charge in [0.05, 0.1) is 5.56 Å². The van der Waals surface area contributed by atoms with Crippen LogP contribution in [0.4, 0.5) is 13.2 Å². The van der Waals surface area contributed by atoms with E-state index in [1.54, 1.807) is 0 Å². The van der Waals surface area contributed by atoms with Crippen molar-refractivity contribution in [1.82, 2.24) is 0 Å². The number of alkyl halides is 3. The molecule has 1 N–H and O–H groups in total. The number of aryl methyl sites for hydroxylation is 1. The predicted molar refractivity (Wildman–Crippen MR) is 56.9 cm³/mol. The first-order valence-electron chi connectivity index (χ1n) is 4.38. The van der Waals surface area contributed by atoms with Gasteiger partial charge in [-0.05, 0) is 24.6 Å². The van der Waals surface area contributed by atoms with Crippen molar-refractivity contribution in [3.63, 3.8) is 0 Å². The number of hydrogen-bond donors (Lipinski definition) is 1. The molecule has 0 aromatic heterocycles. The Kier molecular flexibility index (Phi) is 5.14. The molecular formula is C10H12BrF3O. The molecule has 0 radical (unpaired) electrons. The van der Waals surface area contributed by atoms with Crippen LogP contribution in [-0.2, 0) is 6.18 Å². The number of aromatic hydroxyl groups is 1. The Morgan fingerprint density at radius 3 is 2.07 bits per heavy atom. The standard InChI is InChI=1S/C8H6BrF3O.C2H6/c1-4-2-5(9)3-6(7(4)13)8(10,11)12;1-2/h2-3,13H,1H3;1-2H3. The highest BCUT2D eigenvalue weighted by Gasteiger charge is 2.34. The van der Waals surface area contributed by atoms with Crippen LogP contribution in [0.1, 0.15) is 25.0 Å². The van der Waals surface area contributed by atoms with E-state index in [0.29, 0.717) is 4.47 Å². The summed E-state index contributed by atoms with van der Waals surface area (Å²) in [6.45, 7) is 5.41. The molecule has 0 amide bonds. The van der Waals surface area contributed by atoms with E-state index in [4.69, 9.17) is 5.11 Å². The molecule has 0 spiro atoms. The van der Waals surface area contributed by atoms with E-state index in [1.807, 2.05) is 13.8 Å². The van der Waals surface area contributed by atoms with Gasteiger partial charge < -0.3 is 5.11 Å². The van der Waals surface area contributed by atoms with Crippen LogP contribution in [0.3, 0.4) is 0 Å². The maximum absolute atomic E-state index is 12.2. The second kappa shape index (κ2) is 5.39. The number of rotatable bonds is 0. The van der Waals surface area contributed by atoms with Gasteiger partial charge in [0.2, 0.25) is 0 Å². The van der Waals surface area contributed by atoms with Crippen molar-refractivity contribution in [2.75, 3.05) is 0 Å². The Labute approximate surface area is 95.1 Å². The predicted octanol–water partition coefficient (Wildman–Crippen LogP) is 4.51. The summed E-state index contributed by atoms with van der Waals surface area (Å²) in [5.41, 5.74) is -0.818. The van der Waals surface area contributed by atoms with E-state index in [9.17, 15) is 13.2 Å². The van der Waals surface area contributed by atoms with Gasteiger partial charge in [-0.1, -0.05) is 29.8 Å². The minimum absolute atomic E-state index is 0.196. The van der Waals surface area contributed by atoms with Gasteiger partial charge in [0.15, 0.2) is 0 Å². The number of benzene rings is 1. The summed E-state index contributed by atoms with van der Waals surface area (Å²) in [5.74, 6) is -0.712. The van der Waals surface area contributed by atoms with Crippen LogP contribution in [0.15, 0.2) is 16.6 Å². The Morgan fingerprint density at radius 2 is 1.67 bits per heavy atom. The van der Waals surface area contributed by atoms with E-state index < -0.39 is 17.5 Å². The average molecular weight is 285 g/mol. The zero-order valence-corrected chi connectivity index (χ0v) is 10.2. The molecule has 1 aromatic carbocycles. The van der Waals surface area contributed by atoms with E-state index in [0.717, 1.165) is 6.07 Å². The summed E-state index contributed by atoms with van der Waals surface area (Å²) in [6.07, 6.45) is -4.52. The molecule has 0 heterocycles. The zero-order valence-electron chi connectivity index (χ0n) is 8.61. The third-order valence-electron chi connectivity index (χ3n) is 1.57. The van der Waals surface area contributed by atoms with E-state index in [2.05, 4.69) is 15.9 Å². The molecule has 1 rings (SSSR count). The Hall–Kier alpha value is -0.710. The molecule has 5 heteroatoms. The van der Waals surface area contributed by atoms with Crippen LogP contribution in [-0.4, -0.2) is 5.11 Å². The van der Waals surface area contributed by atoms with E-state index in [1.165, 1.54) is 13.0 Å². The molecule has 0 bridgehead atoms. The smallest absolute Gasteiger partial charge is 0.420 e. The third kappa shape index (κ3) is 3.74. The van der Waals surface area contributed by atoms with Crippen molar-refractivity contribution >= 4 is 15.9 Å². The lowest BCUT2D eigenvalue weighted by atomic mass is 10.1. The fourth-order valence-electron chi connectivity index (χ4n) is 0.952. The van der Waals surface area contributed by atoms with Crippen molar-refractivity contribution < 1.29 is 18.3 Å². The summed E-state index contributed by atoms with van der Waals surface area (Å²) >= 11 is 2.93. The van der Waals surface area contributed by atoms with Crippen LogP contribution >= 0.6 is 15.9 Å². The van der Waals surface area contributed by atoms with Gasteiger partial charge in [-0.25, -0.2) is 0 Å². The first kappa shape index (κ1) is 14.3. The highest BCUT2D eigenvalue weighted by atomic mass is 79.9. The summed E-state index contributed by atoms with van der Waals surface area (Å²) in [7, 11) is 0. The van der Waals surface area contributed by atoms with Gasteiger partial charge in [-0.3, -0.25) is 0 Å². The lowest BCUT2D eigenvalue weighted by Gasteiger charge is -2.11. The van der Waals surface area contributed by atoms with Crippen LogP contribution in [0.25, 0.3) is 0 Å². The maximum Gasteiger partial charge on any atom is 0.420 e. The second-order valence-electron chi connectivity index (χ2n) is 2.62. The number of phenols is 1. The van der Waals surface area contributed by atoms with Crippen LogP contribution < -0.4 is 0 Å². The summed E-state index contributed by atoms with van der Waals surface area (Å²) in [5, 5.41) is 9.12. The Balaban J connectivity index is 0.000000921. The van der Waals surface area contributed by atoms with E-state index in [-0.39, 0.29) is 5.56 Å². The molecule has 0 saturated heterocycles. The van der Waals surface area contributed by atoms with Crippen molar-refractivity contribution in [1.29, 1.82) is 0 Å². The van der Waals surface area contributed by atoms with Gasteiger partial charge in [-0.15, -0.1) is 0 Å². The van der Waals surface area contributed by atoms with Crippen LogP contribution in [0.5, 0.6) is 5.75 Å². The van der Waals surface area contributed by atoms with Crippen LogP contribution in [0.2, 0.25) is 0 Å². The van der Waals surface area contributed by atoms with E-state index >= 15 is 0 Å². The molecule has 0 aliphatic carbocycles. The first-order valence-corrected chi connectivity index (χ1v) is 5.18. The topological polar surface area (TPSA) is 20.2 Å². The Morgan fingerprint density at radius 1 is 1.20 bits per heavy atom. The minimum atomic E-state index is -4.52. The molecule has 0 fully saturated rings.